The Morgan fingerprint density at radius 2 is 2.07 bits per heavy atom. The van der Waals surface area contributed by atoms with Gasteiger partial charge in [0.2, 0.25) is 5.79 Å². The van der Waals surface area contributed by atoms with E-state index < -0.39 is 17.6 Å². The first-order valence-electron chi connectivity index (χ1n) is 9.83. The molecule has 1 aromatic heterocycles. The second-order valence-electron chi connectivity index (χ2n) is 8.14. The molecule has 0 radical (unpaired) electrons. The maximum absolute atomic E-state index is 15.5. The molecule has 0 bridgehead atoms. The molecule has 5 nitrogen and oxygen atoms in total. The van der Waals surface area contributed by atoms with E-state index in [1.165, 1.54) is 11.0 Å². The summed E-state index contributed by atoms with van der Waals surface area (Å²) in [6.07, 6.45) is 8.06. The molecule has 1 aliphatic heterocycles. The van der Waals surface area contributed by atoms with E-state index in [4.69, 9.17) is 5.11 Å². The number of carboxylic acid groups (broad SMARTS) is 1. The number of aliphatic carboxylic acids is 1. The number of hydrogen-bond acceptors (Lipinski definition) is 4. The van der Waals surface area contributed by atoms with Crippen LogP contribution in [0.15, 0.2) is 30.4 Å². The van der Waals surface area contributed by atoms with Gasteiger partial charge in [0.1, 0.15) is 0 Å². The van der Waals surface area contributed by atoms with Gasteiger partial charge in [0.25, 0.3) is 0 Å². The third-order valence-corrected chi connectivity index (χ3v) is 5.42. The van der Waals surface area contributed by atoms with Crippen molar-refractivity contribution in [3.05, 3.63) is 41.8 Å². The van der Waals surface area contributed by atoms with Crippen molar-refractivity contribution in [2.24, 2.45) is 11.8 Å². The Bertz CT molecular complexity index is 786. The molecule has 1 aliphatic carbocycles. The zero-order chi connectivity index (χ0) is 20.3. The summed E-state index contributed by atoms with van der Waals surface area (Å²) in [5, 5.41) is 8.90. The lowest BCUT2D eigenvalue weighted by molar-refractivity contribution is -0.138. The summed E-state index contributed by atoms with van der Waals surface area (Å²) in [4.78, 5) is 21.1. The second kappa shape index (κ2) is 8.47. The van der Waals surface area contributed by atoms with E-state index in [-0.39, 0.29) is 18.8 Å². The van der Waals surface area contributed by atoms with Gasteiger partial charge in [-0.3, -0.25) is 14.7 Å². The van der Waals surface area contributed by atoms with Gasteiger partial charge in [-0.25, -0.2) is 13.8 Å². The highest BCUT2D eigenvalue weighted by Gasteiger charge is 2.44. The summed E-state index contributed by atoms with van der Waals surface area (Å²) in [6.45, 7) is 4.88. The van der Waals surface area contributed by atoms with Gasteiger partial charge in [-0.05, 0) is 37.2 Å². The maximum atomic E-state index is 15.5. The summed E-state index contributed by atoms with van der Waals surface area (Å²) >= 11 is 0. The third kappa shape index (κ3) is 4.63. The molecule has 1 fully saturated rings. The van der Waals surface area contributed by atoms with Gasteiger partial charge in [-0.2, -0.15) is 0 Å². The van der Waals surface area contributed by atoms with E-state index in [0.717, 1.165) is 12.1 Å². The van der Waals surface area contributed by atoms with Crippen molar-refractivity contribution in [1.29, 1.82) is 0 Å². The van der Waals surface area contributed by atoms with Gasteiger partial charge in [0, 0.05) is 37.7 Å². The molecule has 0 spiro atoms. The first-order valence-corrected chi connectivity index (χ1v) is 9.83. The van der Waals surface area contributed by atoms with Crippen molar-refractivity contribution in [3.63, 3.8) is 0 Å². The molecule has 1 atom stereocenters. The van der Waals surface area contributed by atoms with Crippen LogP contribution in [0.3, 0.4) is 0 Å². The molecule has 0 saturated carbocycles. The van der Waals surface area contributed by atoms with Gasteiger partial charge >= 0.3 is 5.97 Å². The molecule has 1 unspecified atom stereocenters. The molecular weight excluding hydrogens is 364 g/mol. The minimum absolute atomic E-state index is 0.0260. The lowest BCUT2D eigenvalue weighted by atomic mass is 9.89. The number of likely N-dealkylation sites (tertiary alicyclic amines) is 1. The Morgan fingerprint density at radius 1 is 1.36 bits per heavy atom. The van der Waals surface area contributed by atoms with Crippen molar-refractivity contribution >= 4 is 11.5 Å². The topological polar surface area (TPSA) is 66.3 Å². The van der Waals surface area contributed by atoms with E-state index >= 15 is 4.39 Å². The van der Waals surface area contributed by atoms with E-state index in [0.29, 0.717) is 43.1 Å². The maximum Gasteiger partial charge on any atom is 0.303 e. The van der Waals surface area contributed by atoms with Gasteiger partial charge in [0.05, 0.1) is 17.6 Å². The molecule has 2 aliphatic rings. The number of carbonyl (C=O) groups is 1. The molecule has 1 N–H and O–H groups in total. The standard InChI is InChI=1S/C21H27F2N3O2/c1-14(2)9-17-12-24-13-18(25-17)16-3-6-21(23,19(22)11-16)26-7-4-15(5-8-26)10-20(27)28/h3,11-15H,4-10H2,1-2H3,(H,27,28). The van der Waals surface area contributed by atoms with E-state index in [1.807, 2.05) is 0 Å². The van der Waals surface area contributed by atoms with Crippen LogP contribution < -0.4 is 0 Å². The minimum atomic E-state index is -2.17. The lowest BCUT2D eigenvalue weighted by Gasteiger charge is -2.41. The van der Waals surface area contributed by atoms with Gasteiger partial charge in [-0.15, -0.1) is 0 Å². The lowest BCUT2D eigenvalue weighted by Crippen LogP contribution is -2.50. The quantitative estimate of drug-likeness (QED) is 0.738. The van der Waals surface area contributed by atoms with Gasteiger partial charge < -0.3 is 5.11 Å². The normalized spacial score (nSPS) is 24.2. The van der Waals surface area contributed by atoms with Crippen LogP contribution in [0.2, 0.25) is 0 Å². The van der Waals surface area contributed by atoms with Crippen LogP contribution >= 0.6 is 0 Å². The summed E-state index contributed by atoms with van der Waals surface area (Å²) in [5.74, 6) is -3.37. The Labute approximate surface area is 164 Å². The first kappa shape index (κ1) is 20.6. The number of piperidine rings is 1. The average molecular weight is 391 g/mol. The minimum Gasteiger partial charge on any atom is -0.481 e. The second-order valence-corrected chi connectivity index (χ2v) is 8.14. The number of nitrogens with zero attached hydrogens (tertiary/aromatic N) is 3. The molecule has 28 heavy (non-hydrogen) atoms. The zero-order valence-corrected chi connectivity index (χ0v) is 16.4. The van der Waals surface area contributed by atoms with Crippen LogP contribution in [-0.4, -0.2) is 44.8 Å². The van der Waals surface area contributed by atoms with Gasteiger partial charge in [0.15, 0.2) is 5.83 Å². The Kier molecular flexibility index (Phi) is 6.23. The fourth-order valence-electron chi connectivity index (χ4n) is 3.91. The SMILES string of the molecule is CC(C)Cc1cncc(C2=CCC(F)(N3CCC(CC(=O)O)CC3)C(F)=C2)n1. The molecular formula is C21H27F2N3O2. The first-order chi connectivity index (χ1) is 13.3. The zero-order valence-electron chi connectivity index (χ0n) is 16.4. The number of rotatable bonds is 6. The van der Waals surface area contributed by atoms with Crippen molar-refractivity contribution in [2.75, 3.05) is 13.1 Å². The number of allylic oxidation sites excluding steroid dienone is 2. The molecule has 152 valence electrons. The summed E-state index contributed by atoms with van der Waals surface area (Å²) in [5.41, 5.74) is 1.93. The molecule has 2 heterocycles. The molecule has 3 rings (SSSR count). The smallest absolute Gasteiger partial charge is 0.303 e. The Morgan fingerprint density at radius 3 is 2.68 bits per heavy atom. The molecule has 0 aromatic carbocycles. The number of hydrogen-bond donors (Lipinski definition) is 1. The highest BCUT2D eigenvalue weighted by atomic mass is 19.2. The summed E-state index contributed by atoms with van der Waals surface area (Å²) < 4.78 is 30.3. The van der Waals surface area contributed by atoms with E-state index in [2.05, 4.69) is 23.8 Å². The monoisotopic (exact) mass is 391 g/mol. The highest BCUT2D eigenvalue weighted by Crippen LogP contribution is 2.40. The number of aromatic nitrogens is 2. The predicted molar refractivity (Wildman–Crippen MR) is 103 cm³/mol. The summed E-state index contributed by atoms with van der Waals surface area (Å²) in [7, 11) is 0. The fourth-order valence-corrected chi connectivity index (χ4v) is 3.91. The molecule has 1 saturated heterocycles. The van der Waals surface area contributed by atoms with Crippen LogP contribution in [0.25, 0.3) is 5.57 Å². The van der Waals surface area contributed by atoms with Crippen LogP contribution in [-0.2, 0) is 11.2 Å². The van der Waals surface area contributed by atoms with Gasteiger partial charge in [-0.1, -0.05) is 19.9 Å². The van der Waals surface area contributed by atoms with E-state index in [1.54, 1.807) is 18.5 Å². The van der Waals surface area contributed by atoms with Crippen molar-refractivity contribution in [1.82, 2.24) is 14.9 Å². The fraction of sp³-hybridized carbons (Fsp3) is 0.571. The van der Waals surface area contributed by atoms with Crippen molar-refractivity contribution in [3.8, 4) is 0 Å². The largest absolute Gasteiger partial charge is 0.481 e. The van der Waals surface area contributed by atoms with Crippen LogP contribution in [0.1, 0.15) is 50.9 Å². The summed E-state index contributed by atoms with van der Waals surface area (Å²) in [6, 6.07) is 0. The number of alkyl halides is 1. The highest BCUT2D eigenvalue weighted by molar-refractivity contribution is 5.73. The average Bonchev–Trinajstić information content (AvgIpc) is 2.64. The van der Waals surface area contributed by atoms with E-state index in [9.17, 15) is 9.18 Å². The number of carboxylic acids is 1. The van der Waals surface area contributed by atoms with Crippen LogP contribution in [0, 0.1) is 11.8 Å². The third-order valence-electron chi connectivity index (χ3n) is 5.42. The number of halogens is 2. The van der Waals surface area contributed by atoms with Crippen LogP contribution in [0.4, 0.5) is 8.78 Å². The Hall–Kier alpha value is -2.15. The van der Waals surface area contributed by atoms with Crippen molar-refractivity contribution in [2.45, 2.75) is 51.7 Å². The predicted octanol–water partition coefficient (Wildman–Crippen LogP) is 4.17. The Balaban J connectivity index is 1.70. The molecule has 0 amide bonds. The van der Waals surface area contributed by atoms with Crippen molar-refractivity contribution < 1.29 is 18.7 Å². The van der Waals surface area contributed by atoms with Crippen LogP contribution in [0.5, 0.6) is 0 Å². The molecule has 7 heteroatoms. The molecule has 1 aromatic rings.